The van der Waals surface area contributed by atoms with Crippen molar-refractivity contribution < 1.29 is 14.3 Å². The van der Waals surface area contributed by atoms with E-state index in [1.165, 1.54) is 25.7 Å². The third kappa shape index (κ3) is 7.67. The van der Waals surface area contributed by atoms with E-state index in [4.69, 9.17) is 15.5 Å². The smallest absolute Gasteiger partial charge is 0.251 e. The van der Waals surface area contributed by atoms with E-state index in [0.717, 1.165) is 37.6 Å². The second-order valence-corrected chi connectivity index (χ2v) is 7.84. The van der Waals surface area contributed by atoms with Crippen LogP contribution in [0, 0.1) is 5.41 Å². The molecule has 5 N–H and O–H groups in total. The summed E-state index contributed by atoms with van der Waals surface area (Å²) >= 11 is 0. The molecule has 1 saturated carbocycles. The fourth-order valence-electron chi connectivity index (χ4n) is 3.77. The van der Waals surface area contributed by atoms with Gasteiger partial charge >= 0.3 is 0 Å². The molecule has 0 aromatic heterocycles. The minimum atomic E-state index is -0.570. The number of primary amides is 1. The van der Waals surface area contributed by atoms with Crippen LogP contribution < -0.4 is 21.7 Å². The standard InChI is InChI=1S/C22H35N5O3/c1-3-24-21(27-16-22(12-13-30-2)10-4-5-11-22)26-14-17-6-8-18(9-7-17)20(29)25-15-19(23)28/h6-9H,3-5,10-16H2,1-2H3,(H2,23,28)(H,25,29)(H2,24,26,27). The molecule has 1 aromatic carbocycles. The van der Waals surface area contributed by atoms with Crippen molar-refractivity contribution in [3.8, 4) is 0 Å². The number of hydrogen-bond donors (Lipinski definition) is 4. The SMILES string of the molecule is CCNC(=NCc1ccc(C(=O)NCC(N)=O)cc1)NCC1(CCOC)CCCC1. The minimum Gasteiger partial charge on any atom is -0.385 e. The van der Waals surface area contributed by atoms with Crippen LogP contribution in [0.4, 0.5) is 0 Å². The molecule has 0 atom stereocenters. The van der Waals surface area contributed by atoms with Crippen molar-refractivity contribution in [2.75, 3.05) is 33.4 Å². The molecule has 1 aliphatic carbocycles. The van der Waals surface area contributed by atoms with Gasteiger partial charge in [-0.1, -0.05) is 25.0 Å². The highest BCUT2D eigenvalue weighted by Gasteiger charge is 2.33. The van der Waals surface area contributed by atoms with Gasteiger partial charge in [-0.2, -0.15) is 0 Å². The molecular weight excluding hydrogens is 382 g/mol. The van der Waals surface area contributed by atoms with Crippen molar-refractivity contribution in [1.29, 1.82) is 0 Å². The molecule has 0 heterocycles. The normalized spacial score (nSPS) is 15.6. The van der Waals surface area contributed by atoms with Gasteiger partial charge in [0.15, 0.2) is 5.96 Å². The Morgan fingerprint density at radius 1 is 1.13 bits per heavy atom. The van der Waals surface area contributed by atoms with E-state index in [-0.39, 0.29) is 17.9 Å². The zero-order valence-corrected chi connectivity index (χ0v) is 18.1. The summed E-state index contributed by atoms with van der Waals surface area (Å²) < 4.78 is 5.32. The molecule has 1 aliphatic rings. The van der Waals surface area contributed by atoms with E-state index in [0.29, 0.717) is 12.1 Å². The van der Waals surface area contributed by atoms with Crippen LogP contribution in [0.25, 0.3) is 0 Å². The molecule has 8 nitrogen and oxygen atoms in total. The van der Waals surface area contributed by atoms with E-state index in [9.17, 15) is 9.59 Å². The van der Waals surface area contributed by atoms with E-state index in [2.05, 4.69) is 16.0 Å². The number of guanidine groups is 1. The van der Waals surface area contributed by atoms with Crippen molar-refractivity contribution in [2.45, 2.75) is 45.6 Å². The quantitative estimate of drug-likeness (QED) is 0.322. The highest BCUT2D eigenvalue weighted by atomic mass is 16.5. The maximum atomic E-state index is 12.0. The predicted molar refractivity (Wildman–Crippen MR) is 118 cm³/mol. The first-order valence-electron chi connectivity index (χ1n) is 10.6. The number of carbonyl (C=O) groups is 2. The third-order valence-electron chi connectivity index (χ3n) is 5.53. The van der Waals surface area contributed by atoms with Gasteiger partial charge in [-0.15, -0.1) is 0 Å². The van der Waals surface area contributed by atoms with Crippen LogP contribution in [0.1, 0.15) is 54.9 Å². The van der Waals surface area contributed by atoms with Crippen LogP contribution in [0.3, 0.4) is 0 Å². The lowest BCUT2D eigenvalue weighted by molar-refractivity contribution is -0.117. The summed E-state index contributed by atoms with van der Waals surface area (Å²) in [6.07, 6.45) is 6.07. The molecule has 0 bridgehead atoms. The van der Waals surface area contributed by atoms with Crippen LogP contribution in [-0.2, 0) is 16.1 Å². The van der Waals surface area contributed by atoms with Gasteiger partial charge in [0.1, 0.15) is 0 Å². The Balaban J connectivity index is 1.93. The Labute approximate surface area is 179 Å². The summed E-state index contributed by atoms with van der Waals surface area (Å²) in [5, 5.41) is 9.30. The van der Waals surface area contributed by atoms with Crippen molar-refractivity contribution in [2.24, 2.45) is 16.1 Å². The van der Waals surface area contributed by atoms with Gasteiger partial charge in [0.25, 0.3) is 5.91 Å². The second-order valence-electron chi connectivity index (χ2n) is 7.84. The first kappa shape index (κ1) is 23.7. The number of methoxy groups -OCH3 is 1. The summed E-state index contributed by atoms with van der Waals surface area (Å²) in [4.78, 5) is 27.4. The van der Waals surface area contributed by atoms with Gasteiger partial charge in [-0.25, -0.2) is 4.99 Å². The molecule has 1 fully saturated rings. The third-order valence-corrected chi connectivity index (χ3v) is 5.53. The fraction of sp³-hybridized carbons (Fsp3) is 0.591. The second kappa shape index (κ2) is 12.2. The maximum absolute atomic E-state index is 12.0. The zero-order chi connectivity index (χ0) is 21.8. The predicted octanol–water partition coefficient (Wildman–Crippen LogP) is 1.55. The number of rotatable bonds is 11. The van der Waals surface area contributed by atoms with E-state index in [1.807, 2.05) is 19.1 Å². The molecule has 166 valence electrons. The average Bonchev–Trinajstić information content (AvgIpc) is 3.22. The van der Waals surface area contributed by atoms with Gasteiger partial charge in [-0.05, 0) is 49.3 Å². The topological polar surface area (TPSA) is 118 Å². The van der Waals surface area contributed by atoms with Crippen LogP contribution in [0.5, 0.6) is 0 Å². The van der Waals surface area contributed by atoms with E-state index in [1.54, 1.807) is 19.2 Å². The molecule has 0 unspecified atom stereocenters. The Morgan fingerprint density at radius 3 is 2.43 bits per heavy atom. The number of hydrogen-bond acceptors (Lipinski definition) is 4. The molecule has 0 saturated heterocycles. The zero-order valence-electron chi connectivity index (χ0n) is 18.1. The lowest BCUT2D eigenvalue weighted by Crippen LogP contribution is -2.43. The van der Waals surface area contributed by atoms with Gasteiger partial charge in [0, 0.05) is 32.4 Å². The average molecular weight is 418 g/mol. The Bertz CT molecular complexity index is 712. The molecule has 1 aromatic rings. The number of benzene rings is 1. The van der Waals surface area contributed by atoms with Crippen LogP contribution >= 0.6 is 0 Å². The van der Waals surface area contributed by atoms with Crippen LogP contribution in [0.15, 0.2) is 29.3 Å². The number of nitrogens with one attached hydrogen (secondary N) is 3. The van der Waals surface area contributed by atoms with Crippen LogP contribution in [-0.4, -0.2) is 51.1 Å². The number of ether oxygens (including phenoxy) is 1. The van der Waals surface area contributed by atoms with Crippen LogP contribution in [0.2, 0.25) is 0 Å². The molecule has 0 spiro atoms. The van der Waals surface area contributed by atoms with Gasteiger partial charge < -0.3 is 26.4 Å². The largest absolute Gasteiger partial charge is 0.385 e. The Kier molecular flexibility index (Phi) is 9.60. The number of carbonyl (C=O) groups excluding carboxylic acids is 2. The molecule has 0 aliphatic heterocycles. The lowest BCUT2D eigenvalue weighted by atomic mass is 9.83. The Morgan fingerprint density at radius 2 is 1.83 bits per heavy atom. The molecular formula is C22H35N5O3. The molecule has 2 rings (SSSR count). The fourth-order valence-corrected chi connectivity index (χ4v) is 3.77. The van der Waals surface area contributed by atoms with Gasteiger partial charge in [0.05, 0.1) is 13.1 Å². The van der Waals surface area contributed by atoms with Crippen molar-refractivity contribution in [1.82, 2.24) is 16.0 Å². The number of nitrogens with two attached hydrogens (primary N) is 1. The monoisotopic (exact) mass is 417 g/mol. The molecule has 30 heavy (non-hydrogen) atoms. The molecule has 0 radical (unpaired) electrons. The lowest BCUT2D eigenvalue weighted by Gasteiger charge is -2.30. The van der Waals surface area contributed by atoms with Gasteiger partial charge in [-0.3, -0.25) is 9.59 Å². The van der Waals surface area contributed by atoms with Crippen molar-refractivity contribution >= 4 is 17.8 Å². The first-order valence-corrected chi connectivity index (χ1v) is 10.6. The summed E-state index contributed by atoms with van der Waals surface area (Å²) in [6, 6.07) is 7.17. The van der Waals surface area contributed by atoms with Crippen molar-refractivity contribution in [3.63, 3.8) is 0 Å². The summed E-state index contributed by atoms with van der Waals surface area (Å²) in [6.45, 7) is 4.84. The number of nitrogens with zero attached hydrogens (tertiary/aromatic N) is 1. The molecule has 8 heteroatoms. The van der Waals surface area contributed by atoms with Crippen molar-refractivity contribution in [3.05, 3.63) is 35.4 Å². The Hall–Kier alpha value is -2.61. The summed E-state index contributed by atoms with van der Waals surface area (Å²) in [5.41, 5.74) is 6.81. The molecule has 2 amide bonds. The highest BCUT2D eigenvalue weighted by Crippen LogP contribution is 2.40. The minimum absolute atomic E-state index is 0.172. The van der Waals surface area contributed by atoms with E-state index >= 15 is 0 Å². The first-order chi connectivity index (χ1) is 14.5. The van der Waals surface area contributed by atoms with E-state index < -0.39 is 5.91 Å². The van der Waals surface area contributed by atoms with Gasteiger partial charge in [0.2, 0.25) is 5.91 Å². The highest BCUT2D eigenvalue weighted by molar-refractivity contribution is 5.96. The number of amides is 2. The maximum Gasteiger partial charge on any atom is 0.251 e. The number of aliphatic imine (C=N–C) groups is 1. The summed E-state index contributed by atoms with van der Waals surface area (Å²) in [5.74, 6) is -0.0967. The summed E-state index contributed by atoms with van der Waals surface area (Å²) in [7, 11) is 1.76.